The Morgan fingerprint density at radius 2 is 2.05 bits per heavy atom. The van der Waals surface area contributed by atoms with Gasteiger partial charge in [-0.3, -0.25) is 0 Å². The van der Waals surface area contributed by atoms with E-state index in [-0.39, 0.29) is 36.4 Å². The van der Waals surface area contributed by atoms with Crippen LogP contribution in [0.5, 0.6) is 0 Å². The Morgan fingerprint density at radius 3 is 2.48 bits per heavy atom. The number of hydrogen-bond donors (Lipinski definition) is 3. The van der Waals surface area contributed by atoms with Crippen molar-refractivity contribution >= 4 is 11.7 Å². The maximum Gasteiger partial charge on any atom is 0.433 e. The van der Waals surface area contributed by atoms with Crippen LogP contribution in [0.3, 0.4) is 0 Å². The van der Waals surface area contributed by atoms with Gasteiger partial charge in [-0.2, -0.15) is 13.2 Å². The Bertz CT molecular complexity index is 518. The molecule has 6 nitrogen and oxygen atoms in total. The second kappa shape index (κ2) is 6.61. The highest BCUT2D eigenvalue weighted by Gasteiger charge is 2.34. The van der Waals surface area contributed by atoms with Gasteiger partial charge in [-0.25, -0.2) is 4.98 Å². The highest BCUT2D eigenvalue weighted by molar-refractivity contribution is 6.01. The molecule has 0 fully saturated rings. The summed E-state index contributed by atoms with van der Waals surface area (Å²) in [6.45, 7) is 3.25. The molecule has 1 rings (SSSR count). The van der Waals surface area contributed by atoms with Gasteiger partial charge in [-0.05, 0) is 26.0 Å². The normalized spacial score (nSPS) is 12.8. The smallest absolute Gasteiger partial charge is 0.409 e. The summed E-state index contributed by atoms with van der Waals surface area (Å²) in [7, 11) is 0. The lowest BCUT2D eigenvalue weighted by Gasteiger charge is -2.29. The molecule has 9 heteroatoms. The molecule has 0 unspecified atom stereocenters. The lowest BCUT2D eigenvalue weighted by molar-refractivity contribution is -0.141. The number of rotatable bonds is 5. The first kappa shape index (κ1) is 17.0. The van der Waals surface area contributed by atoms with Crippen molar-refractivity contribution in [1.29, 1.82) is 0 Å². The van der Waals surface area contributed by atoms with Gasteiger partial charge in [-0.15, -0.1) is 0 Å². The summed E-state index contributed by atoms with van der Waals surface area (Å²) in [5.74, 6) is -0.445. The van der Waals surface area contributed by atoms with Crippen LogP contribution in [-0.2, 0) is 6.18 Å². The number of amidine groups is 1. The number of aliphatic hydroxyl groups excluding tert-OH is 1. The minimum Gasteiger partial charge on any atom is -0.409 e. The largest absolute Gasteiger partial charge is 0.433 e. The highest BCUT2D eigenvalue weighted by Crippen LogP contribution is 2.31. The molecule has 0 saturated carbocycles. The lowest BCUT2D eigenvalue weighted by Crippen LogP contribution is -2.36. The van der Waals surface area contributed by atoms with Gasteiger partial charge in [0.25, 0.3) is 0 Å². The van der Waals surface area contributed by atoms with Crippen LogP contribution < -0.4 is 10.6 Å². The Morgan fingerprint density at radius 1 is 1.43 bits per heavy atom. The summed E-state index contributed by atoms with van der Waals surface area (Å²) >= 11 is 0. The maximum absolute atomic E-state index is 12.8. The quantitative estimate of drug-likeness (QED) is 0.331. The van der Waals surface area contributed by atoms with Gasteiger partial charge in [0.2, 0.25) is 0 Å². The Hall–Kier alpha value is -2.03. The van der Waals surface area contributed by atoms with Gasteiger partial charge < -0.3 is 20.9 Å². The van der Waals surface area contributed by atoms with Crippen molar-refractivity contribution in [3.63, 3.8) is 0 Å². The first-order valence-corrected chi connectivity index (χ1v) is 6.16. The predicted octanol–water partition coefficient (Wildman–Crippen LogP) is 1.40. The van der Waals surface area contributed by atoms with Crippen LogP contribution in [0.4, 0.5) is 19.0 Å². The molecule has 0 saturated heterocycles. The van der Waals surface area contributed by atoms with E-state index in [0.29, 0.717) is 0 Å². The van der Waals surface area contributed by atoms with Crippen molar-refractivity contribution in [1.82, 2.24) is 4.98 Å². The predicted molar refractivity (Wildman–Crippen MR) is 71.3 cm³/mol. The molecule has 118 valence electrons. The molecular weight excluding hydrogens is 289 g/mol. The maximum atomic E-state index is 12.8. The van der Waals surface area contributed by atoms with E-state index in [4.69, 9.17) is 16.0 Å². The number of oxime groups is 1. The minimum absolute atomic E-state index is 0.0626. The zero-order valence-electron chi connectivity index (χ0n) is 11.6. The van der Waals surface area contributed by atoms with Crippen molar-refractivity contribution in [3.05, 3.63) is 23.4 Å². The van der Waals surface area contributed by atoms with Crippen LogP contribution >= 0.6 is 0 Å². The van der Waals surface area contributed by atoms with Gasteiger partial charge in [0.05, 0.1) is 12.2 Å². The van der Waals surface area contributed by atoms with Crippen LogP contribution in [0.1, 0.15) is 25.1 Å². The van der Waals surface area contributed by atoms with E-state index in [1.807, 2.05) is 0 Å². The fourth-order valence-corrected chi connectivity index (χ4v) is 1.80. The summed E-state index contributed by atoms with van der Waals surface area (Å²) < 4.78 is 38.4. The Balaban J connectivity index is 3.47. The van der Waals surface area contributed by atoms with Crippen LogP contribution in [0.2, 0.25) is 0 Å². The fraction of sp³-hybridized carbons (Fsp3) is 0.500. The molecule has 21 heavy (non-hydrogen) atoms. The average molecular weight is 306 g/mol. The van der Waals surface area contributed by atoms with Gasteiger partial charge >= 0.3 is 6.18 Å². The van der Waals surface area contributed by atoms with E-state index in [1.165, 1.54) is 4.90 Å². The molecule has 0 aromatic carbocycles. The molecule has 0 amide bonds. The number of alkyl halides is 3. The van der Waals surface area contributed by atoms with E-state index in [2.05, 4.69) is 10.1 Å². The third kappa shape index (κ3) is 3.97. The van der Waals surface area contributed by atoms with Crippen molar-refractivity contribution in [2.24, 2.45) is 10.9 Å². The van der Waals surface area contributed by atoms with Crippen LogP contribution in [-0.4, -0.2) is 40.3 Å². The lowest BCUT2D eigenvalue weighted by atomic mass is 10.1. The molecule has 0 aliphatic carbocycles. The summed E-state index contributed by atoms with van der Waals surface area (Å²) in [4.78, 5) is 5.02. The van der Waals surface area contributed by atoms with E-state index >= 15 is 0 Å². The van der Waals surface area contributed by atoms with Crippen LogP contribution in [0.25, 0.3) is 0 Å². The molecule has 0 aliphatic rings. The minimum atomic E-state index is -4.61. The van der Waals surface area contributed by atoms with Gasteiger partial charge in [-0.1, -0.05) is 5.16 Å². The highest BCUT2D eigenvalue weighted by atomic mass is 19.4. The standard InChI is InChI=1S/C12H17F3N4O2/c1-7(2)19(5-6-20)11-8(10(16)18-21)3-4-9(17-11)12(13,14)15/h3-4,7,20-21H,5-6H2,1-2H3,(H2,16,18). The second-order valence-corrected chi connectivity index (χ2v) is 4.56. The number of aromatic nitrogens is 1. The van der Waals surface area contributed by atoms with Crippen molar-refractivity contribution in [2.75, 3.05) is 18.1 Å². The molecular formula is C12H17F3N4O2. The Kier molecular flexibility index (Phi) is 5.36. The third-order valence-electron chi connectivity index (χ3n) is 2.79. The van der Waals surface area contributed by atoms with Crippen LogP contribution in [0.15, 0.2) is 17.3 Å². The van der Waals surface area contributed by atoms with Crippen LogP contribution in [0, 0.1) is 0 Å². The van der Waals surface area contributed by atoms with Gasteiger partial charge in [0.15, 0.2) is 5.84 Å². The Labute approximate surface area is 119 Å². The topological polar surface area (TPSA) is 95.0 Å². The molecule has 0 radical (unpaired) electrons. The number of pyridine rings is 1. The molecule has 0 spiro atoms. The summed E-state index contributed by atoms with van der Waals surface area (Å²) in [6.07, 6.45) is -4.61. The number of nitrogens with two attached hydrogens (primary N) is 1. The second-order valence-electron chi connectivity index (χ2n) is 4.56. The van der Waals surface area contributed by atoms with Gasteiger partial charge in [0, 0.05) is 12.6 Å². The molecule has 0 atom stereocenters. The summed E-state index contributed by atoms with van der Waals surface area (Å²) in [5, 5.41) is 20.6. The molecule has 0 aliphatic heterocycles. The van der Waals surface area contributed by atoms with E-state index < -0.39 is 11.9 Å². The third-order valence-corrected chi connectivity index (χ3v) is 2.79. The average Bonchev–Trinajstić information content (AvgIpc) is 2.42. The number of nitrogens with zero attached hydrogens (tertiary/aromatic N) is 3. The fourth-order valence-electron chi connectivity index (χ4n) is 1.80. The molecule has 1 aromatic rings. The zero-order valence-corrected chi connectivity index (χ0v) is 11.6. The summed E-state index contributed by atoms with van der Waals surface area (Å²) in [6, 6.07) is 1.61. The molecule has 1 aromatic heterocycles. The number of anilines is 1. The number of aliphatic hydroxyl groups is 1. The van der Waals surface area contributed by atoms with Crippen molar-refractivity contribution in [3.8, 4) is 0 Å². The molecule has 1 heterocycles. The van der Waals surface area contributed by atoms with E-state index in [9.17, 15) is 13.2 Å². The summed E-state index contributed by atoms with van der Waals surface area (Å²) in [5.41, 5.74) is 4.45. The number of halogens is 3. The van der Waals surface area contributed by atoms with Gasteiger partial charge in [0.1, 0.15) is 11.5 Å². The zero-order chi connectivity index (χ0) is 16.2. The first-order chi connectivity index (χ1) is 9.72. The van der Waals surface area contributed by atoms with Crippen molar-refractivity contribution < 1.29 is 23.5 Å². The first-order valence-electron chi connectivity index (χ1n) is 6.16. The van der Waals surface area contributed by atoms with E-state index in [0.717, 1.165) is 12.1 Å². The molecule has 0 bridgehead atoms. The molecule has 4 N–H and O–H groups in total. The monoisotopic (exact) mass is 306 g/mol. The SMILES string of the molecule is CC(C)N(CCO)c1nc(C(F)(F)F)ccc1C(N)=NO. The number of hydrogen-bond acceptors (Lipinski definition) is 5. The van der Waals surface area contributed by atoms with E-state index in [1.54, 1.807) is 13.8 Å². The van der Waals surface area contributed by atoms with Crippen molar-refractivity contribution in [2.45, 2.75) is 26.1 Å².